The topological polar surface area (TPSA) is 0 Å². The molecule has 0 amide bonds. The molecule has 2 saturated carbocycles. The van der Waals surface area contributed by atoms with Gasteiger partial charge in [-0.3, -0.25) is 0 Å². The first-order valence-corrected chi connectivity index (χ1v) is 11.0. The van der Waals surface area contributed by atoms with E-state index >= 15 is 0 Å². The average molecular weight is 341 g/mol. The first kappa shape index (κ1) is 19.0. The second kappa shape index (κ2) is 8.28. The second-order valence-electron chi connectivity index (χ2n) is 9.74. The van der Waals surface area contributed by atoms with Gasteiger partial charge < -0.3 is 0 Å². The van der Waals surface area contributed by atoms with E-state index in [4.69, 9.17) is 0 Å². The van der Waals surface area contributed by atoms with Gasteiger partial charge in [-0.05, 0) is 111 Å². The molecule has 2 aliphatic carbocycles. The summed E-state index contributed by atoms with van der Waals surface area (Å²) in [4.78, 5) is 0. The van der Waals surface area contributed by atoms with Gasteiger partial charge in [0.1, 0.15) is 0 Å². The highest BCUT2D eigenvalue weighted by Gasteiger charge is 2.23. The van der Waals surface area contributed by atoms with Crippen LogP contribution in [0.3, 0.4) is 0 Å². The van der Waals surface area contributed by atoms with Crippen LogP contribution in [0.2, 0.25) is 0 Å². The van der Waals surface area contributed by atoms with E-state index in [0.29, 0.717) is 0 Å². The largest absolute Gasteiger partial charge is 0.0625 e. The van der Waals surface area contributed by atoms with Crippen LogP contribution in [-0.4, -0.2) is 0 Å². The molecule has 2 aliphatic rings. The van der Waals surface area contributed by atoms with Crippen molar-refractivity contribution in [3.05, 3.63) is 33.9 Å². The molecule has 0 heteroatoms. The summed E-state index contributed by atoms with van der Waals surface area (Å²) in [5.41, 5.74) is 8.11. The summed E-state index contributed by atoms with van der Waals surface area (Å²) < 4.78 is 0. The Morgan fingerprint density at radius 1 is 0.680 bits per heavy atom. The molecule has 1 aromatic rings. The number of benzene rings is 1. The molecular formula is C25H40. The Bertz CT molecular complexity index is 566. The molecule has 3 rings (SSSR count). The van der Waals surface area contributed by atoms with Gasteiger partial charge >= 0.3 is 0 Å². The van der Waals surface area contributed by atoms with Gasteiger partial charge in [0, 0.05) is 0 Å². The molecule has 2 fully saturated rings. The Kier molecular flexibility index (Phi) is 6.29. The summed E-state index contributed by atoms with van der Waals surface area (Å²) in [5, 5.41) is 0. The van der Waals surface area contributed by atoms with Crippen LogP contribution in [0.15, 0.2) is 6.07 Å². The van der Waals surface area contributed by atoms with Crippen molar-refractivity contribution in [2.24, 2.45) is 23.7 Å². The Balaban J connectivity index is 1.70. The van der Waals surface area contributed by atoms with Crippen LogP contribution in [0.1, 0.15) is 93.0 Å². The second-order valence-corrected chi connectivity index (χ2v) is 9.74. The fourth-order valence-corrected chi connectivity index (χ4v) is 5.41. The summed E-state index contributed by atoms with van der Waals surface area (Å²) >= 11 is 0. The Morgan fingerprint density at radius 3 is 1.68 bits per heavy atom. The van der Waals surface area contributed by atoms with Crippen molar-refractivity contribution < 1.29 is 0 Å². The molecule has 0 N–H and O–H groups in total. The summed E-state index contributed by atoms with van der Waals surface area (Å²) in [6.45, 7) is 12.0. The summed E-state index contributed by atoms with van der Waals surface area (Å²) in [6.07, 6.45) is 14.2. The van der Waals surface area contributed by atoms with Crippen molar-refractivity contribution in [3.8, 4) is 0 Å². The zero-order valence-electron chi connectivity index (χ0n) is 17.5. The molecule has 0 spiro atoms. The fourth-order valence-electron chi connectivity index (χ4n) is 5.41. The number of aryl methyl sites for hydroxylation is 1. The number of hydrogen-bond acceptors (Lipinski definition) is 0. The summed E-state index contributed by atoms with van der Waals surface area (Å²) in [6, 6.07) is 2.56. The maximum absolute atomic E-state index is 2.56. The minimum Gasteiger partial charge on any atom is -0.0625 e. The molecule has 25 heavy (non-hydrogen) atoms. The zero-order chi connectivity index (χ0) is 18.0. The smallest absolute Gasteiger partial charge is 0.0245 e. The maximum Gasteiger partial charge on any atom is -0.0245 e. The van der Waals surface area contributed by atoms with Crippen molar-refractivity contribution in [1.82, 2.24) is 0 Å². The molecule has 0 atom stereocenters. The molecule has 0 aliphatic heterocycles. The van der Waals surface area contributed by atoms with Crippen LogP contribution in [0.5, 0.6) is 0 Å². The van der Waals surface area contributed by atoms with Gasteiger partial charge in [0.05, 0.1) is 0 Å². The average Bonchev–Trinajstić information content (AvgIpc) is 2.60. The highest BCUT2D eigenvalue weighted by molar-refractivity contribution is 5.45. The quantitative estimate of drug-likeness (QED) is 0.537. The van der Waals surface area contributed by atoms with Gasteiger partial charge in [-0.25, -0.2) is 0 Å². The zero-order valence-corrected chi connectivity index (χ0v) is 17.5. The lowest BCUT2D eigenvalue weighted by atomic mass is 9.76. The molecule has 0 nitrogen and oxygen atoms in total. The van der Waals surface area contributed by atoms with Gasteiger partial charge in [-0.15, -0.1) is 0 Å². The minimum absolute atomic E-state index is 0.929. The standard InChI is InChI=1S/C25H40/c1-17-6-10-22(11-7-17)15-24-14-19(3)25(21(5)20(24)4)16-23-12-8-18(2)9-13-23/h14,17-18,22-23H,6-13,15-16H2,1-5H3. The van der Waals surface area contributed by atoms with Crippen LogP contribution in [0, 0.1) is 44.4 Å². The third-order valence-electron chi connectivity index (χ3n) is 7.64. The Labute approximate surface area is 156 Å². The van der Waals surface area contributed by atoms with Crippen LogP contribution in [0.25, 0.3) is 0 Å². The lowest BCUT2D eigenvalue weighted by molar-refractivity contribution is 0.287. The van der Waals surface area contributed by atoms with Crippen LogP contribution < -0.4 is 0 Å². The van der Waals surface area contributed by atoms with Gasteiger partial charge in [0.15, 0.2) is 0 Å². The van der Waals surface area contributed by atoms with Crippen molar-refractivity contribution in [2.75, 3.05) is 0 Å². The van der Waals surface area contributed by atoms with E-state index < -0.39 is 0 Å². The normalized spacial score (nSPS) is 30.4. The maximum atomic E-state index is 2.56. The van der Waals surface area contributed by atoms with Crippen molar-refractivity contribution in [1.29, 1.82) is 0 Å². The monoisotopic (exact) mass is 340 g/mol. The third-order valence-corrected chi connectivity index (χ3v) is 7.64. The van der Waals surface area contributed by atoms with E-state index in [1.54, 1.807) is 27.8 Å². The van der Waals surface area contributed by atoms with Gasteiger partial charge in [0.25, 0.3) is 0 Å². The van der Waals surface area contributed by atoms with Gasteiger partial charge in [0.2, 0.25) is 0 Å². The molecule has 0 saturated heterocycles. The fraction of sp³-hybridized carbons (Fsp3) is 0.760. The first-order valence-electron chi connectivity index (χ1n) is 11.0. The molecule has 1 aromatic carbocycles. The SMILES string of the molecule is Cc1cc(CC2CCC(C)CC2)c(C)c(C)c1CC1CCC(C)CC1. The minimum atomic E-state index is 0.929. The van der Waals surface area contributed by atoms with Crippen molar-refractivity contribution in [3.63, 3.8) is 0 Å². The molecule has 0 unspecified atom stereocenters. The predicted octanol–water partition coefficient (Wildman–Crippen LogP) is 7.35. The van der Waals surface area contributed by atoms with E-state index in [1.165, 1.54) is 64.2 Å². The molecule has 0 bridgehead atoms. The van der Waals surface area contributed by atoms with E-state index in [1.807, 2.05) is 0 Å². The van der Waals surface area contributed by atoms with Gasteiger partial charge in [-0.1, -0.05) is 45.6 Å². The predicted molar refractivity (Wildman–Crippen MR) is 110 cm³/mol. The number of rotatable bonds is 4. The number of hydrogen-bond donors (Lipinski definition) is 0. The highest BCUT2D eigenvalue weighted by atomic mass is 14.3. The lowest BCUT2D eigenvalue weighted by Gasteiger charge is -2.29. The third kappa shape index (κ3) is 4.69. The molecule has 0 aromatic heterocycles. The van der Waals surface area contributed by atoms with Crippen LogP contribution in [-0.2, 0) is 12.8 Å². The Morgan fingerprint density at radius 2 is 1.16 bits per heavy atom. The van der Waals surface area contributed by atoms with Crippen molar-refractivity contribution in [2.45, 2.75) is 98.8 Å². The van der Waals surface area contributed by atoms with E-state index in [0.717, 1.165) is 23.7 Å². The van der Waals surface area contributed by atoms with Crippen LogP contribution in [0.4, 0.5) is 0 Å². The van der Waals surface area contributed by atoms with Crippen LogP contribution >= 0.6 is 0 Å². The highest BCUT2D eigenvalue weighted by Crippen LogP contribution is 2.35. The van der Waals surface area contributed by atoms with E-state index in [-0.39, 0.29) is 0 Å². The molecule has 0 heterocycles. The van der Waals surface area contributed by atoms with Crippen molar-refractivity contribution >= 4 is 0 Å². The molecule has 140 valence electrons. The van der Waals surface area contributed by atoms with E-state index in [9.17, 15) is 0 Å². The van der Waals surface area contributed by atoms with E-state index in [2.05, 4.69) is 40.7 Å². The lowest BCUT2D eigenvalue weighted by Crippen LogP contribution is -2.17. The van der Waals surface area contributed by atoms with Gasteiger partial charge in [-0.2, -0.15) is 0 Å². The Hall–Kier alpha value is -0.780. The molecular weight excluding hydrogens is 300 g/mol. The summed E-state index contributed by atoms with van der Waals surface area (Å²) in [7, 11) is 0. The first-order chi connectivity index (χ1) is 11.9. The molecule has 0 radical (unpaired) electrons. The summed E-state index contributed by atoms with van der Waals surface area (Å²) in [5.74, 6) is 3.78.